The molecule has 1 N–H and O–H groups in total. The van der Waals surface area contributed by atoms with E-state index < -0.39 is 0 Å². The van der Waals surface area contributed by atoms with Crippen LogP contribution < -0.4 is 5.32 Å². The summed E-state index contributed by atoms with van der Waals surface area (Å²) in [6, 6.07) is 11.7. The Hall–Kier alpha value is -1.12. The predicted molar refractivity (Wildman–Crippen MR) is 73.4 cm³/mol. The number of rotatable bonds is 3. The number of hydrogen-bond donors (Lipinski definition) is 1. The topological polar surface area (TPSA) is 12.0 Å². The van der Waals surface area contributed by atoms with Crippen molar-refractivity contribution in [3.05, 3.63) is 57.3 Å². The first kappa shape index (κ1) is 11.0. The highest BCUT2D eigenvalue weighted by molar-refractivity contribution is 7.09. The monoisotopic (exact) mass is 243 g/mol. The highest BCUT2D eigenvalue weighted by Crippen LogP contribution is 2.32. The van der Waals surface area contributed by atoms with Crippen LogP contribution in [0.15, 0.2) is 35.7 Å². The van der Waals surface area contributed by atoms with Gasteiger partial charge in [0.15, 0.2) is 0 Å². The van der Waals surface area contributed by atoms with Crippen LogP contribution in [0.25, 0.3) is 0 Å². The summed E-state index contributed by atoms with van der Waals surface area (Å²) in [6.07, 6.45) is 2.46. The lowest BCUT2D eigenvalue weighted by atomic mass is 10.1. The molecule has 0 amide bonds. The summed E-state index contributed by atoms with van der Waals surface area (Å²) in [7, 11) is 0. The molecule has 17 heavy (non-hydrogen) atoms. The Morgan fingerprint density at radius 3 is 3.12 bits per heavy atom. The van der Waals surface area contributed by atoms with Crippen molar-refractivity contribution < 1.29 is 0 Å². The van der Waals surface area contributed by atoms with Gasteiger partial charge in [-0.05, 0) is 42.3 Å². The van der Waals surface area contributed by atoms with Crippen LogP contribution in [0, 0.1) is 6.92 Å². The Bertz CT molecular complexity index is 502. The van der Waals surface area contributed by atoms with Crippen LogP contribution >= 0.6 is 11.3 Å². The molecule has 0 aliphatic heterocycles. The van der Waals surface area contributed by atoms with E-state index in [4.69, 9.17) is 0 Å². The molecule has 1 aliphatic carbocycles. The summed E-state index contributed by atoms with van der Waals surface area (Å²) in [5.41, 5.74) is 4.41. The van der Waals surface area contributed by atoms with Gasteiger partial charge in [0, 0.05) is 17.5 Å². The normalized spacial score (nSPS) is 18.3. The number of nitrogens with one attached hydrogen (secondary N) is 1. The van der Waals surface area contributed by atoms with E-state index in [0.717, 1.165) is 6.54 Å². The molecule has 2 aromatic rings. The Morgan fingerprint density at radius 2 is 2.29 bits per heavy atom. The summed E-state index contributed by atoms with van der Waals surface area (Å²) in [5.74, 6) is 0. The van der Waals surface area contributed by atoms with Crippen molar-refractivity contribution in [3.63, 3.8) is 0 Å². The van der Waals surface area contributed by atoms with Crippen molar-refractivity contribution >= 4 is 11.3 Å². The first-order chi connectivity index (χ1) is 8.33. The zero-order valence-corrected chi connectivity index (χ0v) is 10.9. The third kappa shape index (κ3) is 2.28. The van der Waals surface area contributed by atoms with E-state index in [2.05, 4.69) is 48.0 Å². The first-order valence-electron chi connectivity index (χ1n) is 6.18. The largest absolute Gasteiger partial charge is 0.305 e. The van der Waals surface area contributed by atoms with Gasteiger partial charge in [-0.25, -0.2) is 0 Å². The van der Waals surface area contributed by atoms with Gasteiger partial charge in [-0.2, -0.15) is 0 Å². The molecule has 1 aromatic heterocycles. The summed E-state index contributed by atoms with van der Waals surface area (Å²) in [6.45, 7) is 3.17. The molecule has 0 spiro atoms. The van der Waals surface area contributed by atoms with Gasteiger partial charge < -0.3 is 5.32 Å². The highest BCUT2D eigenvalue weighted by atomic mass is 32.1. The Morgan fingerprint density at radius 1 is 1.35 bits per heavy atom. The molecule has 2 heteroatoms. The third-order valence-electron chi connectivity index (χ3n) is 3.48. The van der Waals surface area contributed by atoms with Crippen LogP contribution in [-0.4, -0.2) is 0 Å². The SMILES string of the molecule is Cc1ccc2c(c1)C(NCc1cccs1)CC2. The molecule has 1 unspecified atom stereocenters. The summed E-state index contributed by atoms with van der Waals surface area (Å²) >= 11 is 1.83. The van der Waals surface area contributed by atoms with E-state index in [9.17, 15) is 0 Å². The van der Waals surface area contributed by atoms with Crippen LogP contribution in [0.1, 0.15) is 34.0 Å². The molecule has 1 heterocycles. The Kier molecular flexibility index (Phi) is 3.00. The van der Waals surface area contributed by atoms with Crippen molar-refractivity contribution in [1.82, 2.24) is 5.32 Å². The molecular formula is C15H17NS. The fourth-order valence-corrected chi connectivity index (χ4v) is 3.23. The van der Waals surface area contributed by atoms with Gasteiger partial charge in [0.05, 0.1) is 0 Å². The second-order valence-electron chi connectivity index (χ2n) is 4.75. The average Bonchev–Trinajstić information content (AvgIpc) is 2.94. The molecule has 0 fully saturated rings. The van der Waals surface area contributed by atoms with Gasteiger partial charge in [-0.3, -0.25) is 0 Å². The number of fused-ring (bicyclic) bond motifs is 1. The quantitative estimate of drug-likeness (QED) is 0.864. The average molecular weight is 243 g/mol. The van der Waals surface area contributed by atoms with Crippen molar-refractivity contribution in [3.8, 4) is 0 Å². The lowest BCUT2D eigenvalue weighted by Gasteiger charge is -2.13. The van der Waals surface area contributed by atoms with Crippen LogP contribution in [0.5, 0.6) is 0 Å². The van der Waals surface area contributed by atoms with Crippen molar-refractivity contribution in [1.29, 1.82) is 0 Å². The summed E-state index contributed by atoms with van der Waals surface area (Å²) in [5, 5.41) is 5.82. The number of aryl methyl sites for hydroxylation is 2. The molecule has 1 nitrogen and oxygen atoms in total. The van der Waals surface area contributed by atoms with Gasteiger partial charge in [0.25, 0.3) is 0 Å². The van der Waals surface area contributed by atoms with Gasteiger partial charge in [-0.15, -0.1) is 11.3 Å². The maximum absolute atomic E-state index is 3.68. The minimum Gasteiger partial charge on any atom is -0.305 e. The van der Waals surface area contributed by atoms with E-state index in [1.54, 1.807) is 0 Å². The molecule has 0 bridgehead atoms. The summed E-state index contributed by atoms with van der Waals surface area (Å²) < 4.78 is 0. The molecule has 1 aliphatic rings. The van der Waals surface area contributed by atoms with Crippen LogP contribution in [0.4, 0.5) is 0 Å². The molecule has 0 saturated heterocycles. The van der Waals surface area contributed by atoms with Crippen molar-refractivity contribution in [2.45, 2.75) is 32.4 Å². The first-order valence-corrected chi connectivity index (χ1v) is 7.06. The maximum Gasteiger partial charge on any atom is 0.0329 e. The number of benzene rings is 1. The molecule has 0 saturated carbocycles. The minimum atomic E-state index is 0.548. The van der Waals surface area contributed by atoms with E-state index in [1.807, 2.05) is 11.3 Å². The second kappa shape index (κ2) is 4.63. The van der Waals surface area contributed by atoms with Crippen LogP contribution in [0.3, 0.4) is 0 Å². The van der Waals surface area contributed by atoms with Gasteiger partial charge in [-0.1, -0.05) is 29.8 Å². The zero-order chi connectivity index (χ0) is 11.7. The standard InChI is InChI=1S/C15H17NS/c1-11-4-5-12-6-7-15(14(12)9-11)16-10-13-3-2-8-17-13/h2-5,8-9,15-16H,6-7,10H2,1H3. The molecular weight excluding hydrogens is 226 g/mol. The van der Waals surface area contributed by atoms with E-state index >= 15 is 0 Å². The van der Waals surface area contributed by atoms with Gasteiger partial charge >= 0.3 is 0 Å². The number of thiophene rings is 1. The van der Waals surface area contributed by atoms with E-state index in [1.165, 1.54) is 34.4 Å². The van der Waals surface area contributed by atoms with Crippen molar-refractivity contribution in [2.24, 2.45) is 0 Å². The van der Waals surface area contributed by atoms with E-state index in [-0.39, 0.29) is 0 Å². The summed E-state index contributed by atoms with van der Waals surface area (Å²) in [4.78, 5) is 1.42. The minimum absolute atomic E-state index is 0.548. The fourth-order valence-electron chi connectivity index (χ4n) is 2.57. The van der Waals surface area contributed by atoms with Crippen LogP contribution in [-0.2, 0) is 13.0 Å². The smallest absolute Gasteiger partial charge is 0.0329 e. The predicted octanol–water partition coefficient (Wildman–Crippen LogP) is 3.83. The highest BCUT2D eigenvalue weighted by Gasteiger charge is 2.21. The number of hydrogen-bond acceptors (Lipinski definition) is 2. The second-order valence-corrected chi connectivity index (χ2v) is 5.79. The Balaban J connectivity index is 1.73. The maximum atomic E-state index is 3.68. The lowest BCUT2D eigenvalue weighted by Crippen LogP contribution is -2.18. The Labute approximate surface area is 106 Å². The van der Waals surface area contributed by atoms with Gasteiger partial charge in [0.2, 0.25) is 0 Å². The lowest BCUT2D eigenvalue weighted by molar-refractivity contribution is 0.533. The third-order valence-corrected chi connectivity index (χ3v) is 4.36. The fraction of sp³-hybridized carbons (Fsp3) is 0.333. The van der Waals surface area contributed by atoms with E-state index in [0.29, 0.717) is 6.04 Å². The zero-order valence-electron chi connectivity index (χ0n) is 10.1. The molecule has 1 atom stereocenters. The molecule has 88 valence electrons. The molecule has 3 rings (SSSR count). The molecule has 0 radical (unpaired) electrons. The van der Waals surface area contributed by atoms with Crippen LogP contribution in [0.2, 0.25) is 0 Å². The molecule has 1 aromatic carbocycles. The van der Waals surface area contributed by atoms with Crippen molar-refractivity contribution in [2.75, 3.05) is 0 Å². The van der Waals surface area contributed by atoms with Gasteiger partial charge in [0.1, 0.15) is 0 Å².